The van der Waals surface area contributed by atoms with Gasteiger partial charge >= 0.3 is 0 Å². The van der Waals surface area contributed by atoms with E-state index in [0.29, 0.717) is 5.41 Å². The fraction of sp³-hybridized carbons (Fsp3) is 1.00. The summed E-state index contributed by atoms with van der Waals surface area (Å²) in [5.41, 5.74) is 0.738. The Morgan fingerprint density at radius 3 is 2.14 bits per heavy atom. The van der Waals surface area contributed by atoms with E-state index in [1.165, 1.54) is 64.5 Å². The van der Waals surface area contributed by atoms with Crippen molar-refractivity contribution in [2.75, 3.05) is 20.1 Å². The summed E-state index contributed by atoms with van der Waals surface area (Å²) in [6, 6.07) is 0.778. The average Bonchev–Trinajstić information content (AvgIpc) is 3.23. The largest absolute Gasteiger partial charge is 0.311 e. The van der Waals surface area contributed by atoms with E-state index in [9.17, 15) is 0 Å². The highest BCUT2D eigenvalue weighted by atomic mass is 15.1. The van der Waals surface area contributed by atoms with Gasteiger partial charge in [-0.25, -0.2) is 0 Å². The molecule has 0 bridgehead atoms. The molecule has 2 fully saturated rings. The van der Waals surface area contributed by atoms with Crippen LogP contribution in [0.25, 0.3) is 0 Å². The second kappa shape index (κ2) is 7.00. The number of hydrogen-bond donors (Lipinski definition) is 1. The van der Waals surface area contributed by atoms with Crippen molar-refractivity contribution in [3.8, 4) is 0 Å². The van der Waals surface area contributed by atoms with Crippen molar-refractivity contribution in [2.24, 2.45) is 11.3 Å². The average molecular weight is 295 g/mol. The first kappa shape index (κ1) is 17.3. The van der Waals surface area contributed by atoms with Crippen LogP contribution in [-0.4, -0.2) is 36.6 Å². The van der Waals surface area contributed by atoms with Crippen molar-refractivity contribution >= 4 is 0 Å². The highest BCUT2D eigenvalue weighted by Crippen LogP contribution is 2.39. The fourth-order valence-electron chi connectivity index (χ4n) is 3.93. The molecule has 124 valence electrons. The molecule has 2 aliphatic carbocycles. The van der Waals surface area contributed by atoms with Crippen LogP contribution in [0.5, 0.6) is 0 Å². The van der Waals surface area contributed by atoms with Gasteiger partial charge in [-0.05, 0) is 71.8 Å². The SMILES string of the molecule is CC(C1CC1)N(C)CC1(CNC(C)(C)C)CCCCCC1. The predicted octanol–water partition coefficient (Wildman–Crippen LogP) is 4.45. The van der Waals surface area contributed by atoms with Crippen LogP contribution in [0.4, 0.5) is 0 Å². The van der Waals surface area contributed by atoms with E-state index in [1.807, 2.05) is 0 Å². The lowest BCUT2D eigenvalue weighted by Crippen LogP contribution is -2.49. The first-order chi connectivity index (χ1) is 9.81. The third kappa shape index (κ3) is 5.56. The summed E-state index contributed by atoms with van der Waals surface area (Å²) in [6.45, 7) is 11.8. The molecule has 0 aromatic carbocycles. The molecule has 0 saturated heterocycles. The number of nitrogens with one attached hydrogen (secondary N) is 1. The molecule has 0 amide bonds. The summed E-state index contributed by atoms with van der Waals surface area (Å²) >= 11 is 0. The molecule has 2 saturated carbocycles. The van der Waals surface area contributed by atoms with Gasteiger partial charge in [-0.3, -0.25) is 0 Å². The molecule has 1 N–H and O–H groups in total. The molecule has 0 aromatic heterocycles. The van der Waals surface area contributed by atoms with Crippen molar-refractivity contribution in [2.45, 2.75) is 90.6 Å². The van der Waals surface area contributed by atoms with Gasteiger partial charge in [0, 0.05) is 24.7 Å². The number of rotatable bonds is 6. The molecule has 1 unspecified atom stereocenters. The van der Waals surface area contributed by atoms with Crippen molar-refractivity contribution in [1.29, 1.82) is 0 Å². The van der Waals surface area contributed by atoms with Crippen LogP contribution in [0.3, 0.4) is 0 Å². The van der Waals surface area contributed by atoms with Crippen molar-refractivity contribution in [3.63, 3.8) is 0 Å². The van der Waals surface area contributed by atoms with Gasteiger partial charge in [0.1, 0.15) is 0 Å². The van der Waals surface area contributed by atoms with Gasteiger partial charge in [0.05, 0.1) is 0 Å². The normalized spacial score (nSPS) is 24.9. The quantitative estimate of drug-likeness (QED) is 0.728. The molecular formula is C19H38N2. The molecule has 0 radical (unpaired) electrons. The van der Waals surface area contributed by atoms with Crippen LogP contribution in [-0.2, 0) is 0 Å². The minimum atomic E-state index is 0.236. The van der Waals surface area contributed by atoms with Gasteiger partial charge < -0.3 is 10.2 Å². The Hall–Kier alpha value is -0.0800. The Bertz CT molecular complexity index is 306. The maximum absolute atomic E-state index is 3.82. The van der Waals surface area contributed by atoms with E-state index in [1.54, 1.807) is 0 Å². The molecule has 0 aliphatic heterocycles. The Balaban J connectivity index is 1.99. The second-order valence-electron chi connectivity index (χ2n) is 9.01. The summed E-state index contributed by atoms with van der Waals surface area (Å²) in [7, 11) is 2.37. The molecular weight excluding hydrogens is 256 g/mol. The van der Waals surface area contributed by atoms with Crippen LogP contribution >= 0.6 is 0 Å². The van der Waals surface area contributed by atoms with Crippen LogP contribution in [0.2, 0.25) is 0 Å². The minimum Gasteiger partial charge on any atom is -0.311 e. The van der Waals surface area contributed by atoms with Crippen LogP contribution in [0.1, 0.15) is 79.1 Å². The van der Waals surface area contributed by atoms with Gasteiger partial charge in [-0.2, -0.15) is 0 Å². The van der Waals surface area contributed by atoms with E-state index in [2.05, 4.69) is 45.0 Å². The van der Waals surface area contributed by atoms with Crippen molar-refractivity contribution < 1.29 is 0 Å². The lowest BCUT2D eigenvalue weighted by atomic mass is 9.78. The summed E-state index contributed by atoms with van der Waals surface area (Å²) in [5.74, 6) is 0.980. The van der Waals surface area contributed by atoms with Gasteiger partial charge in [0.25, 0.3) is 0 Å². The maximum Gasteiger partial charge on any atom is 0.00967 e. The van der Waals surface area contributed by atoms with Crippen LogP contribution in [0, 0.1) is 11.3 Å². The Morgan fingerprint density at radius 2 is 1.67 bits per heavy atom. The van der Waals surface area contributed by atoms with Gasteiger partial charge in [0.15, 0.2) is 0 Å². The fourth-order valence-corrected chi connectivity index (χ4v) is 3.93. The summed E-state index contributed by atoms with van der Waals surface area (Å²) < 4.78 is 0. The summed E-state index contributed by atoms with van der Waals surface area (Å²) in [4.78, 5) is 2.67. The van der Waals surface area contributed by atoms with Crippen molar-refractivity contribution in [3.05, 3.63) is 0 Å². The molecule has 2 heteroatoms. The highest BCUT2D eigenvalue weighted by molar-refractivity contribution is 4.92. The Morgan fingerprint density at radius 1 is 1.10 bits per heavy atom. The zero-order chi connectivity index (χ0) is 15.5. The molecule has 21 heavy (non-hydrogen) atoms. The molecule has 2 rings (SSSR count). The molecule has 2 aliphatic rings. The van der Waals surface area contributed by atoms with E-state index < -0.39 is 0 Å². The van der Waals surface area contributed by atoms with Gasteiger partial charge in [-0.1, -0.05) is 25.7 Å². The van der Waals surface area contributed by atoms with Crippen LogP contribution in [0.15, 0.2) is 0 Å². The Labute approximate surface area is 133 Å². The van der Waals surface area contributed by atoms with Crippen LogP contribution < -0.4 is 5.32 Å². The predicted molar refractivity (Wildman–Crippen MR) is 92.7 cm³/mol. The zero-order valence-electron chi connectivity index (χ0n) is 15.2. The highest BCUT2D eigenvalue weighted by Gasteiger charge is 2.37. The van der Waals surface area contributed by atoms with E-state index in [-0.39, 0.29) is 5.54 Å². The smallest absolute Gasteiger partial charge is 0.00967 e. The van der Waals surface area contributed by atoms with E-state index in [4.69, 9.17) is 0 Å². The maximum atomic E-state index is 3.82. The zero-order valence-corrected chi connectivity index (χ0v) is 15.2. The molecule has 0 heterocycles. The lowest BCUT2D eigenvalue weighted by molar-refractivity contribution is 0.105. The van der Waals surface area contributed by atoms with Crippen molar-refractivity contribution in [1.82, 2.24) is 10.2 Å². The number of hydrogen-bond acceptors (Lipinski definition) is 2. The standard InChI is InChI=1S/C19H38N2/c1-16(17-10-11-17)21(5)15-19(14-20-18(2,3)4)12-8-6-7-9-13-19/h16-17,20H,6-15H2,1-5H3. The molecule has 0 spiro atoms. The third-order valence-electron chi connectivity index (χ3n) is 5.74. The summed E-state index contributed by atoms with van der Waals surface area (Å²) in [5, 5.41) is 3.82. The third-order valence-corrected chi connectivity index (χ3v) is 5.74. The summed E-state index contributed by atoms with van der Waals surface area (Å²) in [6.07, 6.45) is 11.5. The van der Waals surface area contributed by atoms with E-state index in [0.717, 1.165) is 12.0 Å². The topological polar surface area (TPSA) is 15.3 Å². The lowest BCUT2D eigenvalue weighted by Gasteiger charge is -2.41. The molecule has 1 atom stereocenters. The Kier molecular flexibility index (Phi) is 5.76. The first-order valence-electron chi connectivity index (χ1n) is 9.27. The monoisotopic (exact) mass is 294 g/mol. The van der Waals surface area contributed by atoms with Gasteiger partial charge in [0.2, 0.25) is 0 Å². The second-order valence-corrected chi connectivity index (χ2v) is 9.01. The molecule has 2 nitrogen and oxygen atoms in total. The first-order valence-corrected chi connectivity index (χ1v) is 9.27. The van der Waals surface area contributed by atoms with E-state index >= 15 is 0 Å². The molecule has 0 aromatic rings. The minimum absolute atomic E-state index is 0.236. The van der Waals surface area contributed by atoms with Gasteiger partial charge in [-0.15, -0.1) is 0 Å². The number of nitrogens with zero attached hydrogens (tertiary/aromatic N) is 1.